The minimum Gasteiger partial charge on any atom is -0.326 e. The van der Waals surface area contributed by atoms with Gasteiger partial charge in [0.25, 0.3) is 0 Å². The molecule has 0 aliphatic carbocycles. The smallest absolute Gasteiger partial charge is 0.131 e. The topological polar surface area (TPSA) is 63.8 Å². The molecule has 1 aliphatic heterocycles. The van der Waals surface area contributed by atoms with Gasteiger partial charge >= 0.3 is 0 Å². The van der Waals surface area contributed by atoms with Crippen molar-refractivity contribution >= 4 is 0 Å². The first kappa shape index (κ1) is 9.55. The van der Waals surface area contributed by atoms with Crippen molar-refractivity contribution in [2.75, 3.05) is 13.1 Å². The van der Waals surface area contributed by atoms with Gasteiger partial charge < -0.3 is 11.1 Å². The Morgan fingerprint density at radius 1 is 1.29 bits per heavy atom. The minimum absolute atomic E-state index is 0.520. The maximum Gasteiger partial charge on any atom is 0.131 e. The van der Waals surface area contributed by atoms with Gasteiger partial charge in [-0.15, -0.1) is 0 Å². The largest absolute Gasteiger partial charge is 0.326 e. The zero-order chi connectivity index (χ0) is 9.80. The van der Waals surface area contributed by atoms with Crippen LogP contribution in [0, 0.1) is 0 Å². The van der Waals surface area contributed by atoms with Gasteiger partial charge in [0.15, 0.2) is 0 Å². The molecular formula is C10H16N4. The van der Waals surface area contributed by atoms with Crippen LogP contribution in [0.1, 0.15) is 30.1 Å². The van der Waals surface area contributed by atoms with E-state index in [0.717, 1.165) is 37.3 Å². The van der Waals surface area contributed by atoms with Gasteiger partial charge in [-0.1, -0.05) is 0 Å². The lowest BCUT2D eigenvalue weighted by Crippen LogP contribution is -2.27. The van der Waals surface area contributed by atoms with E-state index in [1.54, 1.807) is 0 Å². The Labute approximate surface area is 83.9 Å². The van der Waals surface area contributed by atoms with Gasteiger partial charge in [0.05, 0.1) is 0 Å². The van der Waals surface area contributed by atoms with Crippen LogP contribution < -0.4 is 11.1 Å². The van der Waals surface area contributed by atoms with Gasteiger partial charge in [0, 0.05) is 30.4 Å². The zero-order valence-electron chi connectivity index (χ0n) is 8.24. The maximum atomic E-state index is 5.49. The number of piperidine rings is 1. The molecule has 0 amide bonds. The van der Waals surface area contributed by atoms with E-state index in [4.69, 9.17) is 5.73 Å². The molecule has 0 bridgehead atoms. The second-order valence-corrected chi connectivity index (χ2v) is 3.68. The van der Waals surface area contributed by atoms with Crippen LogP contribution in [-0.2, 0) is 6.54 Å². The second-order valence-electron chi connectivity index (χ2n) is 3.68. The molecule has 14 heavy (non-hydrogen) atoms. The first-order valence-corrected chi connectivity index (χ1v) is 5.12. The standard InChI is InChI=1S/C10H16N4/c11-5-8-6-13-10(14-7-8)9-1-3-12-4-2-9/h6-7,9,12H,1-5,11H2. The van der Waals surface area contributed by atoms with Crippen molar-refractivity contribution in [1.29, 1.82) is 0 Å². The molecule has 0 aromatic carbocycles. The Kier molecular flexibility index (Phi) is 3.06. The van der Waals surface area contributed by atoms with Crippen molar-refractivity contribution < 1.29 is 0 Å². The molecule has 0 radical (unpaired) electrons. The summed E-state index contributed by atoms with van der Waals surface area (Å²) in [5.74, 6) is 1.51. The molecule has 2 heterocycles. The highest BCUT2D eigenvalue weighted by Crippen LogP contribution is 2.21. The maximum absolute atomic E-state index is 5.49. The summed E-state index contributed by atoms with van der Waals surface area (Å²) in [6, 6.07) is 0. The van der Waals surface area contributed by atoms with Crippen molar-refractivity contribution in [3.05, 3.63) is 23.8 Å². The van der Waals surface area contributed by atoms with E-state index in [1.165, 1.54) is 0 Å². The lowest BCUT2D eigenvalue weighted by molar-refractivity contribution is 0.444. The second kappa shape index (κ2) is 4.48. The van der Waals surface area contributed by atoms with E-state index in [1.807, 2.05) is 12.4 Å². The van der Waals surface area contributed by atoms with Gasteiger partial charge in [0.2, 0.25) is 0 Å². The van der Waals surface area contributed by atoms with Crippen molar-refractivity contribution in [1.82, 2.24) is 15.3 Å². The first-order chi connectivity index (χ1) is 6.90. The van der Waals surface area contributed by atoms with Crippen LogP contribution in [0.15, 0.2) is 12.4 Å². The number of aromatic nitrogens is 2. The van der Waals surface area contributed by atoms with Gasteiger partial charge in [-0.3, -0.25) is 0 Å². The quantitative estimate of drug-likeness (QED) is 0.712. The SMILES string of the molecule is NCc1cnc(C2CCNCC2)nc1. The minimum atomic E-state index is 0.520. The monoisotopic (exact) mass is 192 g/mol. The Morgan fingerprint density at radius 2 is 1.93 bits per heavy atom. The molecule has 1 aromatic rings. The summed E-state index contributed by atoms with van der Waals surface area (Å²) in [5.41, 5.74) is 6.49. The summed E-state index contributed by atoms with van der Waals surface area (Å²) in [6.45, 7) is 2.67. The van der Waals surface area contributed by atoms with Crippen molar-refractivity contribution in [3.8, 4) is 0 Å². The fourth-order valence-electron chi connectivity index (χ4n) is 1.76. The Morgan fingerprint density at radius 3 is 2.50 bits per heavy atom. The lowest BCUT2D eigenvalue weighted by Gasteiger charge is -2.21. The number of hydrogen-bond donors (Lipinski definition) is 2. The van der Waals surface area contributed by atoms with Crippen LogP contribution in [-0.4, -0.2) is 23.1 Å². The Bertz CT molecular complexity index is 277. The number of rotatable bonds is 2. The predicted molar refractivity (Wildman–Crippen MR) is 54.8 cm³/mol. The van der Waals surface area contributed by atoms with E-state index in [9.17, 15) is 0 Å². The summed E-state index contributed by atoms with van der Waals surface area (Å²) in [6.07, 6.45) is 5.96. The van der Waals surface area contributed by atoms with Crippen LogP contribution in [0.3, 0.4) is 0 Å². The normalized spacial score (nSPS) is 18.4. The molecule has 4 nitrogen and oxygen atoms in total. The van der Waals surface area contributed by atoms with Crippen LogP contribution in [0.5, 0.6) is 0 Å². The van der Waals surface area contributed by atoms with Crippen LogP contribution >= 0.6 is 0 Å². The molecule has 0 saturated carbocycles. The number of nitrogens with two attached hydrogens (primary N) is 1. The van der Waals surface area contributed by atoms with E-state index in [-0.39, 0.29) is 0 Å². The third-order valence-corrected chi connectivity index (χ3v) is 2.67. The highest BCUT2D eigenvalue weighted by Gasteiger charge is 2.17. The highest BCUT2D eigenvalue weighted by atomic mass is 14.9. The van der Waals surface area contributed by atoms with Crippen molar-refractivity contribution in [2.24, 2.45) is 5.73 Å². The van der Waals surface area contributed by atoms with Crippen LogP contribution in [0.4, 0.5) is 0 Å². The lowest BCUT2D eigenvalue weighted by atomic mass is 9.97. The summed E-state index contributed by atoms with van der Waals surface area (Å²) >= 11 is 0. The molecule has 4 heteroatoms. The van der Waals surface area contributed by atoms with Gasteiger partial charge in [-0.2, -0.15) is 0 Å². The summed E-state index contributed by atoms with van der Waals surface area (Å²) < 4.78 is 0. The van der Waals surface area contributed by atoms with Crippen LogP contribution in [0.25, 0.3) is 0 Å². The Balaban J connectivity index is 2.07. The van der Waals surface area contributed by atoms with E-state index >= 15 is 0 Å². The molecule has 3 N–H and O–H groups in total. The van der Waals surface area contributed by atoms with E-state index in [2.05, 4.69) is 15.3 Å². The fourth-order valence-corrected chi connectivity index (χ4v) is 1.76. The Hall–Kier alpha value is -1.00. The predicted octanol–water partition coefficient (Wildman–Crippen LogP) is 0.402. The van der Waals surface area contributed by atoms with Gasteiger partial charge in [0.1, 0.15) is 5.82 Å². The summed E-state index contributed by atoms with van der Waals surface area (Å²) in [7, 11) is 0. The molecule has 76 valence electrons. The van der Waals surface area contributed by atoms with Gasteiger partial charge in [-0.05, 0) is 25.9 Å². The zero-order valence-corrected chi connectivity index (χ0v) is 8.24. The number of hydrogen-bond acceptors (Lipinski definition) is 4. The van der Waals surface area contributed by atoms with Crippen molar-refractivity contribution in [3.63, 3.8) is 0 Å². The third kappa shape index (κ3) is 2.08. The summed E-state index contributed by atoms with van der Waals surface area (Å²) in [5, 5.41) is 3.33. The molecule has 0 spiro atoms. The highest BCUT2D eigenvalue weighted by molar-refractivity contribution is 5.07. The molecule has 0 atom stereocenters. The average Bonchev–Trinajstić information content (AvgIpc) is 2.30. The first-order valence-electron chi connectivity index (χ1n) is 5.12. The number of nitrogens with zero attached hydrogens (tertiary/aromatic N) is 2. The fraction of sp³-hybridized carbons (Fsp3) is 0.600. The van der Waals surface area contributed by atoms with E-state index in [0.29, 0.717) is 12.5 Å². The molecule has 1 aliphatic rings. The molecule has 1 aromatic heterocycles. The van der Waals surface area contributed by atoms with Crippen molar-refractivity contribution in [2.45, 2.75) is 25.3 Å². The molecule has 2 rings (SSSR count). The van der Waals surface area contributed by atoms with Gasteiger partial charge in [-0.25, -0.2) is 9.97 Å². The van der Waals surface area contributed by atoms with Crippen LogP contribution in [0.2, 0.25) is 0 Å². The molecule has 0 unspecified atom stereocenters. The molecule has 1 saturated heterocycles. The molecular weight excluding hydrogens is 176 g/mol. The summed E-state index contributed by atoms with van der Waals surface area (Å²) in [4.78, 5) is 8.71. The number of nitrogens with one attached hydrogen (secondary N) is 1. The van der Waals surface area contributed by atoms with E-state index < -0.39 is 0 Å². The molecule has 1 fully saturated rings. The third-order valence-electron chi connectivity index (χ3n) is 2.67. The average molecular weight is 192 g/mol.